The zero-order valence-corrected chi connectivity index (χ0v) is 13.8. The third-order valence-electron chi connectivity index (χ3n) is 3.92. The average Bonchev–Trinajstić information content (AvgIpc) is 3.08. The van der Waals surface area contributed by atoms with Crippen LogP contribution in [0.5, 0.6) is 0 Å². The molecule has 1 heterocycles. The zero-order valence-electron chi connectivity index (χ0n) is 13.8. The number of carbonyl (C=O) groups excluding carboxylic acids is 1. The van der Waals surface area contributed by atoms with Gasteiger partial charge >= 0.3 is 0 Å². The number of hydrogen-bond acceptors (Lipinski definition) is 2. The number of imidazole rings is 1. The Morgan fingerprint density at radius 2 is 1.83 bits per heavy atom. The van der Waals surface area contributed by atoms with E-state index in [1.807, 2.05) is 61.8 Å². The van der Waals surface area contributed by atoms with E-state index < -0.39 is 0 Å². The Morgan fingerprint density at radius 1 is 1.08 bits per heavy atom. The summed E-state index contributed by atoms with van der Waals surface area (Å²) in [7, 11) is 0. The Morgan fingerprint density at radius 3 is 2.58 bits per heavy atom. The topological polar surface area (TPSA) is 46.9 Å². The Labute approximate surface area is 142 Å². The predicted molar refractivity (Wildman–Crippen MR) is 95.8 cm³/mol. The lowest BCUT2D eigenvalue weighted by atomic mass is 10.1. The van der Waals surface area contributed by atoms with Crippen LogP contribution in [0.1, 0.15) is 22.3 Å². The summed E-state index contributed by atoms with van der Waals surface area (Å²) >= 11 is 0. The number of nitrogens with one attached hydrogen (secondary N) is 1. The zero-order chi connectivity index (χ0) is 16.8. The van der Waals surface area contributed by atoms with Crippen molar-refractivity contribution in [2.75, 3.05) is 6.54 Å². The second-order valence-electron chi connectivity index (χ2n) is 5.79. The Balaban J connectivity index is 1.52. The van der Waals surface area contributed by atoms with Crippen molar-refractivity contribution in [3.8, 4) is 11.4 Å². The maximum absolute atomic E-state index is 12.1. The minimum absolute atomic E-state index is 0.0242. The predicted octanol–water partition coefficient (Wildman–Crippen LogP) is 3.68. The first-order chi connectivity index (χ1) is 11.7. The minimum atomic E-state index is -0.0242. The van der Waals surface area contributed by atoms with Gasteiger partial charge in [-0.25, -0.2) is 4.98 Å². The van der Waals surface area contributed by atoms with E-state index >= 15 is 0 Å². The van der Waals surface area contributed by atoms with Gasteiger partial charge in [0.2, 0.25) is 0 Å². The lowest BCUT2D eigenvalue weighted by Crippen LogP contribution is -2.25. The van der Waals surface area contributed by atoms with E-state index in [-0.39, 0.29) is 5.91 Å². The molecule has 0 aliphatic carbocycles. The molecule has 4 heteroatoms. The summed E-state index contributed by atoms with van der Waals surface area (Å²) in [5.74, 6) is 0.935. The van der Waals surface area contributed by atoms with Crippen molar-refractivity contribution < 1.29 is 4.79 Å². The van der Waals surface area contributed by atoms with Crippen LogP contribution in [0.25, 0.3) is 11.4 Å². The monoisotopic (exact) mass is 319 g/mol. The molecule has 0 saturated carbocycles. The minimum Gasteiger partial charge on any atom is -0.352 e. The number of amides is 1. The highest BCUT2D eigenvalue weighted by atomic mass is 16.1. The van der Waals surface area contributed by atoms with Crippen molar-refractivity contribution in [3.05, 3.63) is 78.1 Å². The fourth-order valence-corrected chi connectivity index (χ4v) is 2.60. The third-order valence-corrected chi connectivity index (χ3v) is 3.92. The number of rotatable bonds is 6. The van der Waals surface area contributed by atoms with E-state index in [1.54, 1.807) is 0 Å². The first-order valence-corrected chi connectivity index (χ1v) is 8.15. The number of hydrogen-bond donors (Lipinski definition) is 1. The Hall–Kier alpha value is -2.88. The van der Waals surface area contributed by atoms with Crippen LogP contribution in [-0.2, 0) is 6.54 Å². The molecule has 0 aliphatic heterocycles. The average molecular weight is 319 g/mol. The summed E-state index contributed by atoms with van der Waals surface area (Å²) in [6, 6.07) is 17.7. The van der Waals surface area contributed by atoms with Crippen molar-refractivity contribution in [2.45, 2.75) is 19.9 Å². The van der Waals surface area contributed by atoms with Crippen LogP contribution < -0.4 is 5.32 Å². The highest BCUT2D eigenvalue weighted by Gasteiger charge is 2.06. The number of nitrogens with zero attached hydrogens (tertiary/aromatic N) is 2. The lowest BCUT2D eigenvalue weighted by Gasteiger charge is -2.09. The normalized spacial score (nSPS) is 10.5. The Kier molecular flexibility index (Phi) is 5.06. The van der Waals surface area contributed by atoms with Crippen LogP contribution in [-0.4, -0.2) is 22.0 Å². The molecular formula is C20H21N3O. The Bertz CT molecular complexity index is 791. The molecule has 122 valence electrons. The summed E-state index contributed by atoms with van der Waals surface area (Å²) in [6.45, 7) is 3.47. The SMILES string of the molecule is Cc1ccc(C(=O)NCCCn2ccnc2-c2ccccc2)cc1. The van der Waals surface area contributed by atoms with Gasteiger partial charge in [0.1, 0.15) is 5.82 Å². The van der Waals surface area contributed by atoms with Crippen molar-refractivity contribution in [3.63, 3.8) is 0 Å². The molecule has 1 N–H and O–H groups in total. The molecule has 3 aromatic rings. The number of aryl methyl sites for hydroxylation is 2. The molecule has 4 nitrogen and oxygen atoms in total. The fraction of sp³-hybridized carbons (Fsp3) is 0.200. The molecule has 0 bridgehead atoms. The molecule has 0 atom stereocenters. The van der Waals surface area contributed by atoms with E-state index in [1.165, 1.54) is 0 Å². The summed E-state index contributed by atoms with van der Waals surface area (Å²) < 4.78 is 2.12. The molecular weight excluding hydrogens is 298 g/mol. The molecule has 2 aromatic carbocycles. The summed E-state index contributed by atoms with van der Waals surface area (Å²) in [5.41, 5.74) is 2.96. The van der Waals surface area contributed by atoms with Crippen LogP contribution in [0.2, 0.25) is 0 Å². The molecule has 24 heavy (non-hydrogen) atoms. The molecule has 0 spiro atoms. The molecule has 1 aromatic heterocycles. The standard InChI is InChI=1S/C20H21N3O/c1-16-8-10-18(11-9-16)20(24)22-12-5-14-23-15-13-21-19(23)17-6-3-2-4-7-17/h2-4,6-11,13,15H,5,12,14H2,1H3,(H,22,24). The highest BCUT2D eigenvalue weighted by Crippen LogP contribution is 2.16. The quantitative estimate of drug-likeness (QED) is 0.705. The van der Waals surface area contributed by atoms with Gasteiger partial charge in [0.25, 0.3) is 5.91 Å². The molecule has 0 radical (unpaired) electrons. The first kappa shape index (κ1) is 16.0. The molecule has 3 rings (SSSR count). The summed E-state index contributed by atoms with van der Waals surface area (Å²) in [5, 5.41) is 2.97. The van der Waals surface area contributed by atoms with Gasteiger partial charge in [-0.05, 0) is 25.5 Å². The molecule has 0 unspecified atom stereocenters. The van der Waals surface area contributed by atoms with E-state index in [0.29, 0.717) is 12.1 Å². The first-order valence-electron chi connectivity index (χ1n) is 8.15. The highest BCUT2D eigenvalue weighted by molar-refractivity contribution is 5.94. The van der Waals surface area contributed by atoms with Crippen LogP contribution in [0.4, 0.5) is 0 Å². The molecule has 1 amide bonds. The maximum atomic E-state index is 12.1. The van der Waals surface area contributed by atoms with E-state index in [2.05, 4.69) is 27.0 Å². The molecule has 0 saturated heterocycles. The van der Waals surface area contributed by atoms with Gasteiger partial charge in [0.15, 0.2) is 0 Å². The number of carbonyl (C=O) groups is 1. The van der Waals surface area contributed by atoms with Gasteiger partial charge in [-0.15, -0.1) is 0 Å². The van der Waals surface area contributed by atoms with E-state index in [0.717, 1.165) is 29.9 Å². The van der Waals surface area contributed by atoms with Crippen molar-refractivity contribution in [2.24, 2.45) is 0 Å². The van der Waals surface area contributed by atoms with Crippen molar-refractivity contribution in [1.29, 1.82) is 0 Å². The van der Waals surface area contributed by atoms with E-state index in [4.69, 9.17) is 0 Å². The fourth-order valence-electron chi connectivity index (χ4n) is 2.60. The van der Waals surface area contributed by atoms with E-state index in [9.17, 15) is 4.79 Å². The van der Waals surface area contributed by atoms with Gasteiger partial charge in [-0.1, -0.05) is 48.0 Å². The second kappa shape index (κ2) is 7.59. The van der Waals surface area contributed by atoms with Gasteiger partial charge in [0, 0.05) is 36.6 Å². The van der Waals surface area contributed by atoms with Gasteiger partial charge in [-0.3, -0.25) is 4.79 Å². The smallest absolute Gasteiger partial charge is 0.251 e. The van der Waals surface area contributed by atoms with Crippen LogP contribution in [0, 0.1) is 6.92 Å². The van der Waals surface area contributed by atoms with Crippen LogP contribution in [0.3, 0.4) is 0 Å². The largest absolute Gasteiger partial charge is 0.352 e. The number of aromatic nitrogens is 2. The third kappa shape index (κ3) is 3.90. The lowest BCUT2D eigenvalue weighted by molar-refractivity contribution is 0.0953. The van der Waals surface area contributed by atoms with Crippen molar-refractivity contribution in [1.82, 2.24) is 14.9 Å². The van der Waals surface area contributed by atoms with Crippen LogP contribution >= 0.6 is 0 Å². The maximum Gasteiger partial charge on any atom is 0.251 e. The summed E-state index contributed by atoms with van der Waals surface area (Å²) in [4.78, 5) is 16.5. The van der Waals surface area contributed by atoms with Crippen molar-refractivity contribution >= 4 is 5.91 Å². The summed E-state index contributed by atoms with van der Waals surface area (Å²) in [6.07, 6.45) is 4.64. The number of benzene rings is 2. The van der Waals surface area contributed by atoms with Gasteiger partial charge in [0.05, 0.1) is 0 Å². The van der Waals surface area contributed by atoms with Gasteiger partial charge < -0.3 is 9.88 Å². The van der Waals surface area contributed by atoms with Crippen LogP contribution in [0.15, 0.2) is 67.0 Å². The molecule has 0 fully saturated rings. The second-order valence-corrected chi connectivity index (χ2v) is 5.79. The van der Waals surface area contributed by atoms with Gasteiger partial charge in [-0.2, -0.15) is 0 Å². The molecule has 0 aliphatic rings.